The van der Waals surface area contributed by atoms with Crippen LogP contribution in [0.3, 0.4) is 0 Å². The van der Waals surface area contributed by atoms with Gasteiger partial charge in [-0.25, -0.2) is 43.6 Å². The highest BCUT2D eigenvalue weighted by atomic mass is 32.2. The number of fused-ring (bicyclic) bond motifs is 6. The van der Waals surface area contributed by atoms with Crippen LogP contribution >= 0.6 is 0 Å². The molecule has 60 heavy (non-hydrogen) atoms. The normalized spacial score (nSPS) is 20.2. The maximum absolute atomic E-state index is 13.3. The van der Waals surface area contributed by atoms with E-state index in [0.29, 0.717) is 33.4 Å². The van der Waals surface area contributed by atoms with Gasteiger partial charge >= 0.3 is 0 Å². The first-order valence-corrected chi connectivity index (χ1v) is 23.8. The SMILES string of the molecule is CC1=C(/C=C/C=C2/C(=O)c3cccnc3S2(=O)=O)S(=O)(=O)c2ncccc21.COc1ccc2c(c1)S(=O)(=O)/C(=C\C=C\C1=C(C)c3ccc4ccccc4c3S1(=O)=O)C2=O. The van der Waals surface area contributed by atoms with Crippen molar-refractivity contribution in [3.8, 4) is 5.75 Å². The van der Waals surface area contributed by atoms with Crippen molar-refractivity contribution in [3.63, 3.8) is 0 Å². The number of hydrogen-bond acceptors (Lipinski definition) is 13. The highest BCUT2D eigenvalue weighted by Crippen LogP contribution is 2.44. The molecule has 0 spiro atoms. The molecule has 6 heterocycles. The van der Waals surface area contributed by atoms with Crippen molar-refractivity contribution in [2.45, 2.75) is 33.7 Å². The van der Waals surface area contributed by atoms with E-state index in [-0.39, 0.29) is 40.8 Å². The number of ketones is 2. The average molecular weight is 879 g/mol. The van der Waals surface area contributed by atoms with E-state index in [1.165, 1.54) is 74.1 Å². The largest absolute Gasteiger partial charge is 0.497 e. The monoisotopic (exact) mass is 878 g/mol. The fourth-order valence-corrected chi connectivity index (χ4v) is 14.1. The highest BCUT2D eigenvalue weighted by molar-refractivity contribution is 7.97. The Morgan fingerprint density at radius 3 is 1.73 bits per heavy atom. The number of aromatic nitrogens is 2. The maximum atomic E-state index is 13.3. The lowest BCUT2D eigenvalue weighted by Crippen LogP contribution is -2.03. The van der Waals surface area contributed by atoms with Crippen molar-refractivity contribution >= 4 is 72.8 Å². The number of ether oxygens (including phenoxy) is 1. The first-order valence-electron chi connectivity index (χ1n) is 17.8. The molecule has 0 N–H and O–H groups in total. The van der Waals surface area contributed by atoms with Gasteiger partial charge in [0, 0.05) is 28.9 Å². The van der Waals surface area contributed by atoms with Crippen molar-refractivity contribution in [1.29, 1.82) is 0 Å². The Hall–Kier alpha value is -6.40. The second kappa shape index (κ2) is 14.4. The minimum absolute atomic E-state index is 0.0117. The number of rotatable bonds is 5. The summed E-state index contributed by atoms with van der Waals surface area (Å²) in [6.45, 7) is 3.36. The van der Waals surface area contributed by atoms with E-state index in [2.05, 4.69) is 9.97 Å². The molecule has 3 aromatic carbocycles. The Bertz CT molecular complexity index is 3470. The van der Waals surface area contributed by atoms with Crippen LogP contribution in [0, 0.1) is 0 Å². The molecule has 9 rings (SSSR count). The first kappa shape index (κ1) is 40.4. The van der Waals surface area contributed by atoms with Gasteiger partial charge in [0.05, 0.1) is 32.3 Å². The van der Waals surface area contributed by atoms with Gasteiger partial charge in [0.2, 0.25) is 50.9 Å². The molecule has 13 nitrogen and oxygen atoms in total. The van der Waals surface area contributed by atoms with Crippen LogP contribution in [0.1, 0.15) is 45.7 Å². The average Bonchev–Trinajstić information content (AvgIpc) is 3.73. The smallest absolute Gasteiger partial charge is 0.228 e. The third-order valence-electron chi connectivity index (χ3n) is 10.3. The lowest BCUT2D eigenvalue weighted by molar-refractivity contribution is 0.103. The van der Waals surface area contributed by atoms with Gasteiger partial charge in [-0.1, -0.05) is 54.6 Å². The van der Waals surface area contributed by atoms with Gasteiger partial charge in [-0.05, 0) is 96.6 Å². The summed E-state index contributed by atoms with van der Waals surface area (Å²) in [4.78, 5) is 32.1. The summed E-state index contributed by atoms with van der Waals surface area (Å²) in [6, 6.07) is 21.3. The zero-order valence-electron chi connectivity index (χ0n) is 31.6. The maximum Gasteiger partial charge on any atom is 0.228 e. The molecule has 0 saturated heterocycles. The standard InChI is InChI=1S/C25H18O6S2.C18H12N2O5S2/c1-15-18-12-10-16-6-3-4-7-19(16)25(18)33(29,30)21(15)8-5-9-22-24(26)20-13-11-17(31-2)14-23(20)32(22,27)28;1-11-12-5-3-9-19-17(12)26(22,23)14(11)7-2-8-15-16(21)13-6-4-10-20-18(13)27(15,24)25/h3-14H,1-2H3;2-10H,1H3/b8-5+,22-9-;7-2+,15-8-. The van der Waals surface area contributed by atoms with Gasteiger partial charge in [-0.15, -0.1) is 0 Å². The number of pyridine rings is 2. The molecule has 0 radical (unpaired) electrons. The molecular weight excluding hydrogens is 849 g/mol. The third-order valence-corrected chi connectivity index (χ3v) is 17.7. The summed E-state index contributed by atoms with van der Waals surface area (Å²) in [6.07, 6.45) is 10.1. The zero-order valence-corrected chi connectivity index (χ0v) is 34.9. The number of methoxy groups -OCH3 is 1. The molecule has 0 saturated carbocycles. The summed E-state index contributed by atoms with van der Waals surface area (Å²) in [5.74, 6) is -0.969. The molecule has 4 aliphatic rings. The van der Waals surface area contributed by atoms with Gasteiger partial charge in [0.15, 0.2) is 10.1 Å². The van der Waals surface area contributed by atoms with Crippen LogP contribution in [0.5, 0.6) is 5.75 Å². The number of benzene rings is 3. The van der Waals surface area contributed by atoms with Crippen LogP contribution in [0.15, 0.2) is 167 Å². The van der Waals surface area contributed by atoms with Crippen LogP contribution in [-0.2, 0) is 39.3 Å². The van der Waals surface area contributed by atoms with Crippen molar-refractivity contribution < 1.29 is 48.0 Å². The molecule has 0 aliphatic carbocycles. The molecule has 0 fully saturated rings. The van der Waals surface area contributed by atoms with E-state index < -0.39 is 60.7 Å². The molecule has 302 valence electrons. The van der Waals surface area contributed by atoms with Crippen molar-refractivity contribution in [1.82, 2.24) is 9.97 Å². The second-order valence-corrected chi connectivity index (χ2v) is 21.1. The molecule has 2 aromatic heterocycles. The summed E-state index contributed by atoms with van der Waals surface area (Å²) >= 11 is 0. The number of hydrogen-bond donors (Lipinski definition) is 0. The Kier molecular flexibility index (Phi) is 9.70. The number of allylic oxidation sites excluding steroid dienone is 10. The fraction of sp³-hybridized carbons (Fsp3) is 0.0698. The van der Waals surface area contributed by atoms with E-state index in [1.807, 2.05) is 18.2 Å². The minimum atomic E-state index is -4.03. The number of carbonyl (C=O) groups is 2. The lowest BCUT2D eigenvalue weighted by atomic mass is 10.0. The molecule has 17 heteroatoms. The number of carbonyl (C=O) groups excluding carboxylic acids is 2. The number of nitrogens with zero attached hydrogens (tertiary/aromatic N) is 2. The molecule has 5 aromatic rings. The van der Waals surface area contributed by atoms with E-state index in [9.17, 15) is 43.3 Å². The van der Waals surface area contributed by atoms with Gasteiger partial charge < -0.3 is 4.74 Å². The van der Waals surface area contributed by atoms with Crippen LogP contribution < -0.4 is 4.74 Å². The van der Waals surface area contributed by atoms with Crippen molar-refractivity contribution in [3.05, 3.63) is 170 Å². The summed E-state index contributed by atoms with van der Waals surface area (Å²) in [7, 11) is -14.2. The molecule has 0 amide bonds. The highest BCUT2D eigenvalue weighted by Gasteiger charge is 2.41. The lowest BCUT2D eigenvalue weighted by Gasteiger charge is -2.05. The summed E-state index contributed by atoms with van der Waals surface area (Å²) < 4.78 is 108. The van der Waals surface area contributed by atoms with Crippen LogP contribution in [0.4, 0.5) is 0 Å². The van der Waals surface area contributed by atoms with E-state index in [0.717, 1.165) is 17.5 Å². The van der Waals surface area contributed by atoms with Crippen molar-refractivity contribution in [2.24, 2.45) is 0 Å². The van der Waals surface area contributed by atoms with Gasteiger partial charge in [-0.2, -0.15) is 0 Å². The van der Waals surface area contributed by atoms with Gasteiger partial charge in [-0.3, -0.25) is 9.59 Å². The molecule has 0 atom stereocenters. The van der Waals surface area contributed by atoms with Gasteiger partial charge in [0.25, 0.3) is 0 Å². The molecule has 4 aliphatic heterocycles. The van der Waals surface area contributed by atoms with E-state index in [1.54, 1.807) is 44.2 Å². The number of Topliss-reactive ketones (excluding diaryl/α,β-unsaturated/α-hetero) is 2. The summed E-state index contributed by atoms with van der Waals surface area (Å²) in [5.41, 5.74) is 2.28. The number of sulfone groups is 4. The van der Waals surface area contributed by atoms with Crippen molar-refractivity contribution in [2.75, 3.05) is 7.11 Å². The van der Waals surface area contributed by atoms with Crippen LogP contribution in [-0.4, -0.2) is 62.3 Å². The summed E-state index contributed by atoms with van der Waals surface area (Å²) in [5, 5.41) is 1.14. The Balaban J connectivity index is 0.000000170. The van der Waals surface area contributed by atoms with Crippen LogP contribution in [0.25, 0.3) is 21.9 Å². The molecule has 0 unspecified atom stereocenters. The second-order valence-electron chi connectivity index (χ2n) is 13.7. The van der Waals surface area contributed by atoms with E-state index >= 15 is 0 Å². The first-order chi connectivity index (χ1) is 28.4. The zero-order chi connectivity index (χ0) is 42.9. The Morgan fingerprint density at radius 2 is 1.10 bits per heavy atom. The topological polar surface area (TPSA) is 206 Å². The minimum Gasteiger partial charge on any atom is -0.497 e. The Labute approximate surface area is 345 Å². The van der Waals surface area contributed by atoms with Gasteiger partial charge in [0.1, 0.15) is 15.6 Å². The quantitative estimate of drug-likeness (QED) is 0.171. The molecular formula is C43H30N2O11S4. The van der Waals surface area contributed by atoms with E-state index in [4.69, 9.17) is 4.74 Å². The Morgan fingerprint density at radius 1 is 0.550 bits per heavy atom. The predicted octanol–water partition coefficient (Wildman–Crippen LogP) is 6.58. The molecule has 0 bridgehead atoms. The fourth-order valence-electron chi connectivity index (χ4n) is 7.36. The third kappa shape index (κ3) is 6.15. The predicted molar refractivity (Wildman–Crippen MR) is 222 cm³/mol. The van der Waals surface area contributed by atoms with Crippen LogP contribution in [0.2, 0.25) is 0 Å².